The Kier molecular flexibility index (Phi) is 4.09. The minimum Gasteiger partial charge on any atom is -0.496 e. The van der Waals surface area contributed by atoms with Crippen molar-refractivity contribution in [2.75, 3.05) is 33.4 Å². The quantitative estimate of drug-likeness (QED) is 0.848. The number of oxazole rings is 1. The Hall–Kier alpha value is -2.54. The molecule has 0 unspecified atom stereocenters. The first-order valence-corrected chi connectivity index (χ1v) is 8.41. The molecule has 0 N–H and O–H groups in total. The first-order chi connectivity index (χ1) is 12.2. The van der Waals surface area contributed by atoms with E-state index in [0.29, 0.717) is 25.6 Å². The highest BCUT2D eigenvalue weighted by Crippen LogP contribution is 2.30. The molecule has 2 aromatic rings. The summed E-state index contributed by atoms with van der Waals surface area (Å²) < 4.78 is 16.4. The van der Waals surface area contributed by atoms with Crippen molar-refractivity contribution >= 4 is 6.09 Å². The number of cyclic esters (lactones) is 1. The number of piperazine rings is 1. The van der Waals surface area contributed by atoms with Crippen molar-refractivity contribution in [2.45, 2.75) is 19.5 Å². The molecule has 1 amide bonds. The van der Waals surface area contributed by atoms with Gasteiger partial charge in [-0.25, -0.2) is 9.78 Å². The van der Waals surface area contributed by atoms with Gasteiger partial charge in [-0.2, -0.15) is 0 Å². The van der Waals surface area contributed by atoms with Crippen LogP contribution in [-0.4, -0.2) is 60.3 Å². The third kappa shape index (κ3) is 2.95. The SMILES string of the molecule is COc1ccccc1-c1nc(CN2CCN3C(=O)OC[C@@H]3C2)c(C)o1. The van der Waals surface area contributed by atoms with Crippen LogP contribution in [0.4, 0.5) is 4.79 Å². The lowest BCUT2D eigenvalue weighted by molar-refractivity contribution is 0.114. The maximum absolute atomic E-state index is 11.6. The van der Waals surface area contributed by atoms with Crippen LogP contribution in [0.3, 0.4) is 0 Å². The number of ether oxygens (including phenoxy) is 2. The summed E-state index contributed by atoms with van der Waals surface area (Å²) in [5.74, 6) is 2.12. The standard InChI is InChI=1S/C18H21N3O4/c1-12-15(10-20-7-8-21-13(9-20)11-24-18(21)22)19-17(25-12)14-5-3-4-6-16(14)23-2/h3-6,13H,7-11H2,1-2H3/t13-/m0/s1. The maximum Gasteiger partial charge on any atom is 0.410 e. The van der Waals surface area contributed by atoms with Crippen LogP contribution < -0.4 is 4.74 Å². The van der Waals surface area contributed by atoms with Gasteiger partial charge in [-0.1, -0.05) is 12.1 Å². The second-order valence-corrected chi connectivity index (χ2v) is 6.38. The molecule has 0 aliphatic carbocycles. The molecule has 25 heavy (non-hydrogen) atoms. The summed E-state index contributed by atoms with van der Waals surface area (Å²) in [5, 5.41) is 0. The molecule has 2 fully saturated rings. The maximum atomic E-state index is 11.6. The molecule has 0 radical (unpaired) electrons. The van der Waals surface area contributed by atoms with E-state index in [1.807, 2.05) is 36.1 Å². The molecule has 1 aromatic carbocycles. The Labute approximate surface area is 146 Å². The number of aryl methyl sites for hydroxylation is 1. The van der Waals surface area contributed by atoms with Crippen LogP contribution in [0.25, 0.3) is 11.5 Å². The van der Waals surface area contributed by atoms with Gasteiger partial charge in [0.2, 0.25) is 5.89 Å². The third-order valence-corrected chi connectivity index (χ3v) is 4.80. The predicted molar refractivity (Wildman–Crippen MR) is 90.3 cm³/mol. The van der Waals surface area contributed by atoms with Crippen molar-refractivity contribution in [1.29, 1.82) is 0 Å². The molecule has 3 heterocycles. The smallest absolute Gasteiger partial charge is 0.410 e. The van der Waals surface area contributed by atoms with Crippen LogP contribution in [0.2, 0.25) is 0 Å². The fourth-order valence-corrected chi connectivity index (χ4v) is 3.42. The molecule has 7 heteroatoms. The van der Waals surface area contributed by atoms with Crippen molar-refractivity contribution in [3.8, 4) is 17.2 Å². The largest absolute Gasteiger partial charge is 0.496 e. The van der Waals surface area contributed by atoms with E-state index in [1.165, 1.54) is 0 Å². The number of fused-ring (bicyclic) bond motifs is 1. The highest BCUT2D eigenvalue weighted by atomic mass is 16.6. The van der Waals surface area contributed by atoms with Gasteiger partial charge in [-0.3, -0.25) is 9.80 Å². The number of benzene rings is 1. The van der Waals surface area contributed by atoms with Gasteiger partial charge < -0.3 is 13.9 Å². The summed E-state index contributed by atoms with van der Waals surface area (Å²) >= 11 is 0. The monoisotopic (exact) mass is 343 g/mol. The van der Waals surface area contributed by atoms with Crippen molar-refractivity contribution in [2.24, 2.45) is 0 Å². The number of hydrogen-bond acceptors (Lipinski definition) is 6. The van der Waals surface area contributed by atoms with E-state index in [-0.39, 0.29) is 12.1 Å². The Morgan fingerprint density at radius 2 is 2.16 bits per heavy atom. The average molecular weight is 343 g/mol. The fourth-order valence-electron chi connectivity index (χ4n) is 3.42. The molecular weight excluding hydrogens is 322 g/mol. The summed E-state index contributed by atoms with van der Waals surface area (Å²) in [4.78, 5) is 20.4. The molecule has 0 saturated carbocycles. The number of rotatable bonds is 4. The van der Waals surface area contributed by atoms with Crippen molar-refractivity contribution in [3.63, 3.8) is 0 Å². The molecule has 4 rings (SSSR count). The van der Waals surface area contributed by atoms with Gasteiger partial charge in [0, 0.05) is 26.2 Å². The van der Waals surface area contributed by atoms with E-state index in [4.69, 9.17) is 13.9 Å². The normalized spacial score (nSPS) is 20.5. The highest BCUT2D eigenvalue weighted by molar-refractivity contribution is 5.70. The predicted octanol–water partition coefficient (Wildman–Crippen LogP) is 2.30. The van der Waals surface area contributed by atoms with Crippen LogP contribution in [0.1, 0.15) is 11.5 Å². The van der Waals surface area contributed by atoms with Crippen molar-refractivity contribution in [1.82, 2.24) is 14.8 Å². The van der Waals surface area contributed by atoms with Crippen LogP contribution in [0.15, 0.2) is 28.7 Å². The molecule has 2 aliphatic rings. The van der Waals surface area contributed by atoms with Gasteiger partial charge in [0.25, 0.3) is 0 Å². The Morgan fingerprint density at radius 1 is 1.32 bits per heavy atom. The molecule has 7 nitrogen and oxygen atoms in total. The molecule has 0 bridgehead atoms. The van der Waals surface area contributed by atoms with E-state index in [1.54, 1.807) is 7.11 Å². The van der Waals surface area contributed by atoms with Gasteiger partial charge in [-0.15, -0.1) is 0 Å². The number of aromatic nitrogens is 1. The lowest BCUT2D eigenvalue weighted by atomic mass is 10.2. The topological polar surface area (TPSA) is 68.0 Å². The van der Waals surface area contributed by atoms with Gasteiger partial charge >= 0.3 is 6.09 Å². The van der Waals surface area contributed by atoms with Crippen molar-refractivity contribution in [3.05, 3.63) is 35.7 Å². The number of para-hydroxylation sites is 1. The fraction of sp³-hybridized carbons (Fsp3) is 0.444. The van der Waals surface area contributed by atoms with E-state index >= 15 is 0 Å². The lowest BCUT2D eigenvalue weighted by Crippen LogP contribution is -2.51. The second-order valence-electron chi connectivity index (χ2n) is 6.38. The number of hydrogen-bond donors (Lipinski definition) is 0. The zero-order valence-corrected chi connectivity index (χ0v) is 14.4. The summed E-state index contributed by atoms with van der Waals surface area (Å²) in [5.41, 5.74) is 1.76. The Morgan fingerprint density at radius 3 is 3.00 bits per heavy atom. The first-order valence-electron chi connectivity index (χ1n) is 8.41. The molecule has 1 atom stereocenters. The summed E-state index contributed by atoms with van der Waals surface area (Å²) in [6, 6.07) is 7.83. The number of nitrogens with zero attached hydrogens (tertiary/aromatic N) is 3. The minimum absolute atomic E-state index is 0.141. The van der Waals surface area contributed by atoms with Gasteiger partial charge in [-0.05, 0) is 19.1 Å². The summed E-state index contributed by atoms with van der Waals surface area (Å²) in [7, 11) is 1.64. The van der Waals surface area contributed by atoms with Gasteiger partial charge in [0.15, 0.2) is 0 Å². The average Bonchev–Trinajstić information content (AvgIpc) is 3.18. The van der Waals surface area contributed by atoms with Crippen molar-refractivity contribution < 1.29 is 18.7 Å². The minimum atomic E-state index is -0.194. The molecule has 2 aliphatic heterocycles. The van der Waals surface area contributed by atoms with E-state index in [0.717, 1.165) is 35.9 Å². The summed E-state index contributed by atoms with van der Waals surface area (Å²) in [6.07, 6.45) is -0.194. The van der Waals surface area contributed by atoms with E-state index in [2.05, 4.69) is 9.88 Å². The van der Waals surface area contributed by atoms with Crippen LogP contribution in [0.5, 0.6) is 5.75 Å². The Bertz CT molecular complexity index is 788. The number of carbonyl (C=O) groups excluding carboxylic acids is 1. The molecule has 132 valence electrons. The van der Waals surface area contributed by atoms with Crippen LogP contribution in [-0.2, 0) is 11.3 Å². The molecule has 1 aromatic heterocycles. The first kappa shape index (κ1) is 16.0. The van der Waals surface area contributed by atoms with Gasteiger partial charge in [0.05, 0.1) is 24.4 Å². The van der Waals surface area contributed by atoms with Gasteiger partial charge in [0.1, 0.15) is 18.1 Å². The summed E-state index contributed by atoms with van der Waals surface area (Å²) in [6.45, 7) is 5.39. The van der Waals surface area contributed by atoms with E-state index < -0.39 is 0 Å². The number of carbonyl (C=O) groups is 1. The molecule has 0 spiro atoms. The lowest BCUT2D eigenvalue weighted by Gasteiger charge is -2.34. The van der Waals surface area contributed by atoms with Crippen LogP contribution in [0, 0.1) is 6.92 Å². The number of amides is 1. The third-order valence-electron chi connectivity index (χ3n) is 4.80. The molecular formula is C18H21N3O4. The molecule has 2 saturated heterocycles. The van der Waals surface area contributed by atoms with E-state index in [9.17, 15) is 4.79 Å². The second kappa shape index (κ2) is 6.40. The Balaban J connectivity index is 1.51. The zero-order chi connectivity index (χ0) is 17.4. The zero-order valence-electron chi connectivity index (χ0n) is 14.4. The van der Waals surface area contributed by atoms with Crippen LogP contribution >= 0.6 is 0 Å². The highest BCUT2D eigenvalue weighted by Gasteiger charge is 2.37. The number of methoxy groups -OCH3 is 1.